The van der Waals surface area contributed by atoms with Gasteiger partial charge in [-0.1, -0.05) is 27.5 Å². The van der Waals surface area contributed by atoms with Crippen LogP contribution in [0, 0.1) is 0 Å². The van der Waals surface area contributed by atoms with Crippen molar-refractivity contribution >= 4 is 27.5 Å². The van der Waals surface area contributed by atoms with Crippen molar-refractivity contribution in [3.63, 3.8) is 0 Å². The van der Waals surface area contributed by atoms with Crippen LogP contribution in [0.1, 0.15) is 24.8 Å². The maximum atomic E-state index is 8.62. The lowest BCUT2D eigenvalue weighted by Gasteiger charge is -2.07. The van der Waals surface area contributed by atoms with Crippen molar-refractivity contribution in [2.24, 2.45) is 0 Å². The molecule has 2 nitrogen and oxygen atoms in total. The van der Waals surface area contributed by atoms with E-state index >= 15 is 0 Å². The molecule has 0 unspecified atom stereocenters. The molecule has 0 amide bonds. The van der Waals surface area contributed by atoms with Gasteiger partial charge in [0.25, 0.3) is 0 Å². The second kappa shape index (κ2) is 8.07. The molecule has 1 aromatic rings. The van der Waals surface area contributed by atoms with E-state index in [2.05, 4.69) is 21.2 Å². The summed E-state index contributed by atoms with van der Waals surface area (Å²) < 4.78 is 1.05. The summed E-state index contributed by atoms with van der Waals surface area (Å²) in [6.07, 6.45) is 3.04. The fraction of sp³-hybridized carbons (Fsp3) is 0.500. The van der Waals surface area contributed by atoms with Crippen LogP contribution >= 0.6 is 27.5 Å². The van der Waals surface area contributed by atoms with Crippen LogP contribution in [-0.2, 0) is 6.54 Å². The first-order valence-electron chi connectivity index (χ1n) is 5.49. The van der Waals surface area contributed by atoms with Crippen molar-refractivity contribution in [1.82, 2.24) is 5.32 Å². The van der Waals surface area contributed by atoms with Gasteiger partial charge in [0, 0.05) is 22.6 Å². The first-order valence-corrected chi connectivity index (χ1v) is 6.66. The number of rotatable bonds is 7. The van der Waals surface area contributed by atoms with Crippen LogP contribution in [0.15, 0.2) is 22.7 Å². The molecule has 0 radical (unpaired) electrons. The number of aliphatic hydroxyl groups excluding tert-OH is 1. The van der Waals surface area contributed by atoms with Crippen molar-refractivity contribution < 1.29 is 5.11 Å². The van der Waals surface area contributed by atoms with Crippen molar-refractivity contribution in [2.75, 3.05) is 13.2 Å². The maximum Gasteiger partial charge on any atom is 0.0451 e. The number of aliphatic hydroxyl groups is 1. The smallest absolute Gasteiger partial charge is 0.0451 e. The molecule has 2 N–H and O–H groups in total. The molecule has 0 bridgehead atoms. The third kappa shape index (κ3) is 5.30. The molecule has 1 rings (SSSR count). The van der Waals surface area contributed by atoms with Gasteiger partial charge >= 0.3 is 0 Å². The Labute approximate surface area is 110 Å². The van der Waals surface area contributed by atoms with Gasteiger partial charge in [-0.15, -0.1) is 0 Å². The van der Waals surface area contributed by atoms with Crippen molar-refractivity contribution in [1.29, 1.82) is 0 Å². The van der Waals surface area contributed by atoms with Crippen molar-refractivity contribution in [3.8, 4) is 0 Å². The van der Waals surface area contributed by atoms with E-state index in [1.165, 1.54) is 0 Å². The molecular weight excluding hydrogens is 289 g/mol. The maximum absolute atomic E-state index is 8.62. The van der Waals surface area contributed by atoms with Crippen LogP contribution in [0.2, 0.25) is 5.02 Å². The largest absolute Gasteiger partial charge is 0.396 e. The molecule has 4 heteroatoms. The van der Waals surface area contributed by atoms with Gasteiger partial charge in [-0.2, -0.15) is 0 Å². The highest BCUT2D eigenvalue weighted by molar-refractivity contribution is 9.10. The number of nitrogens with one attached hydrogen (secondary N) is 1. The van der Waals surface area contributed by atoms with Crippen LogP contribution in [0.3, 0.4) is 0 Å². The van der Waals surface area contributed by atoms with Gasteiger partial charge in [-0.25, -0.2) is 0 Å². The zero-order valence-corrected chi connectivity index (χ0v) is 11.5. The van der Waals surface area contributed by atoms with Crippen LogP contribution < -0.4 is 5.32 Å². The minimum Gasteiger partial charge on any atom is -0.396 e. The van der Waals surface area contributed by atoms with Gasteiger partial charge in [0.05, 0.1) is 0 Å². The predicted octanol–water partition coefficient (Wildman–Crippen LogP) is 3.35. The topological polar surface area (TPSA) is 32.3 Å². The summed E-state index contributed by atoms with van der Waals surface area (Å²) >= 11 is 9.49. The van der Waals surface area contributed by atoms with Crippen LogP contribution in [0.25, 0.3) is 0 Å². The monoisotopic (exact) mass is 305 g/mol. The molecule has 0 aliphatic carbocycles. The van der Waals surface area contributed by atoms with E-state index in [9.17, 15) is 0 Å². The average Bonchev–Trinajstić information content (AvgIpc) is 2.28. The summed E-state index contributed by atoms with van der Waals surface area (Å²) in [7, 11) is 0. The Morgan fingerprint density at radius 2 is 2.06 bits per heavy atom. The second-order valence-corrected chi connectivity index (χ2v) is 5.02. The molecule has 0 aliphatic rings. The third-order valence-corrected chi connectivity index (χ3v) is 3.20. The molecule has 0 saturated carbocycles. The van der Waals surface area contributed by atoms with Gasteiger partial charge in [0.2, 0.25) is 0 Å². The summed E-state index contributed by atoms with van der Waals surface area (Å²) in [6.45, 7) is 2.04. The molecule has 0 aliphatic heterocycles. The average molecular weight is 307 g/mol. The van der Waals surface area contributed by atoms with E-state index < -0.39 is 0 Å². The third-order valence-electron chi connectivity index (χ3n) is 2.33. The Bertz CT molecular complexity index is 320. The molecule has 0 fully saturated rings. The van der Waals surface area contributed by atoms with Gasteiger partial charge in [-0.3, -0.25) is 0 Å². The van der Waals surface area contributed by atoms with Crippen LogP contribution in [0.4, 0.5) is 0 Å². The number of hydrogen-bond donors (Lipinski definition) is 2. The molecule has 16 heavy (non-hydrogen) atoms. The van der Waals surface area contributed by atoms with Gasteiger partial charge in [-0.05, 0) is 49.6 Å². The molecule has 1 aromatic carbocycles. The van der Waals surface area contributed by atoms with Crippen molar-refractivity contribution in [2.45, 2.75) is 25.8 Å². The standard InChI is InChI=1S/C12H17BrClNO/c13-11-4-5-12(14)10(8-11)9-15-6-2-1-3-7-16/h4-5,8,15-16H,1-3,6-7,9H2. The Balaban J connectivity index is 2.23. The molecule has 0 heterocycles. The summed E-state index contributed by atoms with van der Waals surface area (Å²) in [6, 6.07) is 5.87. The van der Waals surface area contributed by atoms with E-state index in [1.54, 1.807) is 0 Å². The quantitative estimate of drug-likeness (QED) is 0.757. The molecule has 90 valence electrons. The van der Waals surface area contributed by atoms with E-state index in [4.69, 9.17) is 16.7 Å². The van der Waals surface area contributed by atoms with Gasteiger partial charge in [0.15, 0.2) is 0 Å². The Hall–Kier alpha value is -0.0900. The zero-order chi connectivity index (χ0) is 11.8. The fourth-order valence-electron chi connectivity index (χ4n) is 1.44. The summed E-state index contributed by atoms with van der Waals surface area (Å²) in [5.41, 5.74) is 1.11. The van der Waals surface area contributed by atoms with Crippen LogP contribution in [-0.4, -0.2) is 18.3 Å². The second-order valence-electron chi connectivity index (χ2n) is 3.70. The number of benzene rings is 1. The Morgan fingerprint density at radius 1 is 1.25 bits per heavy atom. The van der Waals surface area contributed by atoms with Gasteiger partial charge < -0.3 is 10.4 Å². The molecule has 0 spiro atoms. The molecule has 0 saturated heterocycles. The number of halogens is 2. The minimum atomic E-state index is 0.289. The van der Waals surface area contributed by atoms with Gasteiger partial charge in [0.1, 0.15) is 0 Å². The first-order chi connectivity index (χ1) is 7.74. The summed E-state index contributed by atoms with van der Waals surface area (Å²) in [4.78, 5) is 0. The lowest BCUT2D eigenvalue weighted by Crippen LogP contribution is -2.15. The van der Waals surface area contributed by atoms with E-state index in [0.717, 1.165) is 47.4 Å². The first kappa shape index (κ1) is 14.0. The fourth-order valence-corrected chi connectivity index (χ4v) is 2.03. The van der Waals surface area contributed by atoms with E-state index in [-0.39, 0.29) is 6.61 Å². The number of hydrogen-bond acceptors (Lipinski definition) is 2. The normalized spacial score (nSPS) is 10.7. The Morgan fingerprint density at radius 3 is 2.81 bits per heavy atom. The SMILES string of the molecule is OCCCCCNCc1cc(Br)ccc1Cl. The molecular formula is C12H17BrClNO. The zero-order valence-electron chi connectivity index (χ0n) is 9.18. The molecule has 0 aromatic heterocycles. The molecule has 0 atom stereocenters. The minimum absolute atomic E-state index is 0.289. The highest BCUT2D eigenvalue weighted by Crippen LogP contribution is 2.20. The van der Waals surface area contributed by atoms with E-state index in [1.807, 2.05) is 18.2 Å². The number of unbranched alkanes of at least 4 members (excludes halogenated alkanes) is 2. The Kier molecular flexibility index (Phi) is 7.05. The summed E-state index contributed by atoms with van der Waals surface area (Å²) in [5, 5.41) is 12.8. The lowest BCUT2D eigenvalue weighted by atomic mass is 10.2. The van der Waals surface area contributed by atoms with Crippen molar-refractivity contribution in [3.05, 3.63) is 33.3 Å². The predicted molar refractivity (Wildman–Crippen MR) is 71.8 cm³/mol. The van der Waals surface area contributed by atoms with Crippen LogP contribution in [0.5, 0.6) is 0 Å². The van der Waals surface area contributed by atoms with E-state index in [0.29, 0.717) is 0 Å². The highest BCUT2D eigenvalue weighted by atomic mass is 79.9. The lowest BCUT2D eigenvalue weighted by molar-refractivity contribution is 0.283. The summed E-state index contributed by atoms with van der Waals surface area (Å²) in [5.74, 6) is 0. The highest BCUT2D eigenvalue weighted by Gasteiger charge is 2.00.